The van der Waals surface area contributed by atoms with Gasteiger partial charge in [0.1, 0.15) is 18.5 Å². The van der Waals surface area contributed by atoms with E-state index >= 15 is 0 Å². The van der Waals surface area contributed by atoms with E-state index < -0.39 is 23.9 Å². The van der Waals surface area contributed by atoms with Crippen molar-refractivity contribution in [2.45, 2.75) is 51.3 Å². The summed E-state index contributed by atoms with van der Waals surface area (Å²) in [5.41, 5.74) is 3.19. The Labute approximate surface area is 189 Å². The maximum atomic E-state index is 14.3. The number of ether oxygens (including phenoxy) is 1. The number of nitrogens with zero attached hydrogens (tertiary/aromatic N) is 1. The smallest absolute Gasteiger partial charge is 0.407 e. The molecule has 4 rings (SSSR count). The lowest BCUT2D eigenvalue weighted by Crippen LogP contribution is -2.39. The number of hydrogen-bond donors (Lipinski definition) is 2. The van der Waals surface area contributed by atoms with Crippen LogP contribution in [0.4, 0.5) is 9.18 Å². The van der Waals surface area contributed by atoms with Crippen LogP contribution in [0.15, 0.2) is 42.5 Å². The van der Waals surface area contributed by atoms with Gasteiger partial charge in [-0.05, 0) is 48.9 Å². The van der Waals surface area contributed by atoms with Crippen molar-refractivity contribution in [3.63, 3.8) is 0 Å². The summed E-state index contributed by atoms with van der Waals surface area (Å²) in [7, 11) is 0. The number of nitrogens with one attached hydrogen (secondary N) is 1. The van der Waals surface area contributed by atoms with Gasteiger partial charge in [-0.3, -0.25) is 0 Å². The van der Waals surface area contributed by atoms with Gasteiger partial charge in [0, 0.05) is 17.1 Å². The molecule has 2 aromatic carbocycles. The fourth-order valence-corrected chi connectivity index (χ4v) is 4.62. The lowest BCUT2D eigenvalue weighted by atomic mass is 9.91. The molecule has 1 amide bonds. The third-order valence-corrected chi connectivity index (χ3v) is 6.25. The second-order valence-corrected chi connectivity index (χ2v) is 8.39. The van der Waals surface area contributed by atoms with Crippen molar-refractivity contribution >= 4 is 34.6 Å². The Morgan fingerprint density at radius 2 is 2.06 bits per heavy atom. The van der Waals surface area contributed by atoms with Gasteiger partial charge in [-0.2, -0.15) is 0 Å². The molecule has 0 fully saturated rings. The highest BCUT2D eigenvalue weighted by Crippen LogP contribution is 2.37. The first kappa shape index (κ1) is 22.1. The number of carboxylic acids is 1. The Morgan fingerprint density at radius 3 is 2.75 bits per heavy atom. The molecule has 0 saturated carbocycles. The van der Waals surface area contributed by atoms with E-state index in [1.807, 2.05) is 30.3 Å². The summed E-state index contributed by atoms with van der Waals surface area (Å²) in [4.78, 5) is 24.2. The molecule has 1 aliphatic carbocycles. The highest BCUT2D eigenvalue weighted by molar-refractivity contribution is 6.31. The van der Waals surface area contributed by atoms with Crippen LogP contribution in [-0.2, 0) is 29.0 Å². The van der Waals surface area contributed by atoms with Crippen LogP contribution in [0.1, 0.15) is 42.6 Å². The average molecular weight is 459 g/mol. The maximum absolute atomic E-state index is 14.3. The molecule has 32 heavy (non-hydrogen) atoms. The Hall–Kier alpha value is -3.06. The normalized spacial score (nSPS) is 16.4. The molecule has 2 atom stereocenters. The SMILES string of the molecule is CCC(C(=O)O)n1c2c(c3cc(F)c(Cl)cc31)CC(NC(=O)OCc1ccccc1)CC2. The largest absolute Gasteiger partial charge is 0.480 e. The predicted octanol–water partition coefficient (Wildman–Crippen LogP) is 5.25. The molecule has 1 aliphatic rings. The predicted molar refractivity (Wildman–Crippen MR) is 119 cm³/mol. The quantitative estimate of drug-likeness (QED) is 0.528. The molecule has 1 heterocycles. The monoisotopic (exact) mass is 458 g/mol. The number of carboxylic acid groups (broad SMARTS) is 1. The number of carbonyl (C=O) groups is 2. The van der Waals surface area contributed by atoms with Crippen LogP contribution in [-0.4, -0.2) is 27.8 Å². The number of fused-ring (bicyclic) bond motifs is 3. The van der Waals surface area contributed by atoms with E-state index in [0.29, 0.717) is 36.6 Å². The standard InChI is InChI=1S/C24H24ClFN2O4/c1-2-20(23(29)30)28-21-9-8-15(27-24(31)32-13-14-6-4-3-5-7-14)10-16(21)17-11-19(26)18(25)12-22(17)28/h3-7,11-12,15,20H,2,8-10,13H2,1H3,(H,27,31)(H,29,30). The summed E-state index contributed by atoms with van der Waals surface area (Å²) < 4.78 is 21.4. The summed E-state index contributed by atoms with van der Waals surface area (Å²) in [6, 6.07) is 11.3. The van der Waals surface area contributed by atoms with Crippen LogP contribution in [0.5, 0.6) is 0 Å². The Morgan fingerprint density at radius 1 is 1.31 bits per heavy atom. The van der Waals surface area contributed by atoms with E-state index in [4.69, 9.17) is 16.3 Å². The lowest BCUT2D eigenvalue weighted by Gasteiger charge is -2.26. The van der Waals surface area contributed by atoms with Crippen LogP contribution in [0.25, 0.3) is 10.9 Å². The van der Waals surface area contributed by atoms with Gasteiger partial charge >= 0.3 is 12.1 Å². The third-order valence-electron chi connectivity index (χ3n) is 5.96. The van der Waals surface area contributed by atoms with Gasteiger partial charge in [-0.1, -0.05) is 48.9 Å². The molecule has 168 valence electrons. The Bertz CT molecular complexity index is 1160. The molecule has 2 N–H and O–H groups in total. The topological polar surface area (TPSA) is 80.6 Å². The molecule has 0 aliphatic heterocycles. The van der Waals surface area contributed by atoms with E-state index in [9.17, 15) is 19.1 Å². The number of aromatic nitrogens is 1. The molecule has 0 saturated heterocycles. The Balaban J connectivity index is 1.59. The van der Waals surface area contributed by atoms with Gasteiger partial charge in [0.05, 0.1) is 10.5 Å². The van der Waals surface area contributed by atoms with Crippen molar-refractivity contribution in [2.24, 2.45) is 0 Å². The van der Waals surface area contributed by atoms with E-state index in [0.717, 1.165) is 16.8 Å². The molecular weight excluding hydrogens is 435 g/mol. The zero-order valence-electron chi connectivity index (χ0n) is 17.6. The number of halogens is 2. The lowest BCUT2D eigenvalue weighted by molar-refractivity contribution is -0.140. The van der Waals surface area contributed by atoms with Crippen molar-refractivity contribution in [2.75, 3.05) is 0 Å². The number of aliphatic carboxylic acids is 1. The van der Waals surface area contributed by atoms with Crippen molar-refractivity contribution < 1.29 is 23.8 Å². The van der Waals surface area contributed by atoms with Gasteiger partial charge in [0.15, 0.2) is 0 Å². The van der Waals surface area contributed by atoms with Crippen molar-refractivity contribution in [1.29, 1.82) is 0 Å². The van der Waals surface area contributed by atoms with E-state index in [1.54, 1.807) is 11.5 Å². The van der Waals surface area contributed by atoms with Gasteiger partial charge < -0.3 is 19.7 Å². The number of rotatable bonds is 6. The van der Waals surface area contributed by atoms with Crippen molar-refractivity contribution in [3.05, 3.63) is 70.1 Å². The number of amides is 1. The maximum Gasteiger partial charge on any atom is 0.407 e. The first-order chi connectivity index (χ1) is 15.4. The first-order valence-electron chi connectivity index (χ1n) is 10.6. The third kappa shape index (κ3) is 4.30. The molecule has 6 nitrogen and oxygen atoms in total. The van der Waals surface area contributed by atoms with Gasteiger partial charge in [0.2, 0.25) is 0 Å². The van der Waals surface area contributed by atoms with Crippen LogP contribution in [0, 0.1) is 5.82 Å². The summed E-state index contributed by atoms with van der Waals surface area (Å²) in [6.07, 6.45) is 1.49. The number of alkyl carbamates (subject to hydrolysis) is 1. The molecular formula is C24H24ClFN2O4. The second kappa shape index (κ2) is 9.20. The number of benzene rings is 2. The molecule has 3 aromatic rings. The van der Waals surface area contributed by atoms with Gasteiger partial charge in [-0.25, -0.2) is 14.0 Å². The van der Waals surface area contributed by atoms with E-state index in [2.05, 4.69) is 5.32 Å². The van der Waals surface area contributed by atoms with Crippen LogP contribution >= 0.6 is 11.6 Å². The minimum absolute atomic E-state index is 0.0481. The Kier molecular flexibility index (Phi) is 6.37. The summed E-state index contributed by atoms with van der Waals surface area (Å²) in [6.45, 7) is 1.97. The minimum atomic E-state index is -0.947. The molecule has 0 spiro atoms. The van der Waals surface area contributed by atoms with E-state index in [-0.39, 0.29) is 17.7 Å². The van der Waals surface area contributed by atoms with Gasteiger partial charge in [0.25, 0.3) is 0 Å². The highest BCUT2D eigenvalue weighted by atomic mass is 35.5. The van der Waals surface area contributed by atoms with Crippen LogP contribution in [0.3, 0.4) is 0 Å². The fourth-order valence-electron chi connectivity index (χ4n) is 4.46. The first-order valence-corrected chi connectivity index (χ1v) is 11.0. The van der Waals surface area contributed by atoms with Crippen molar-refractivity contribution in [1.82, 2.24) is 9.88 Å². The fraction of sp³-hybridized carbons (Fsp3) is 0.333. The minimum Gasteiger partial charge on any atom is -0.480 e. The van der Waals surface area contributed by atoms with Crippen LogP contribution < -0.4 is 5.32 Å². The molecule has 2 unspecified atom stereocenters. The summed E-state index contributed by atoms with van der Waals surface area (Å²) >= 11 is 6.02. The molecule has 8 heteroatoms. The molecule has 1 aromatic heterocycles. The van der Waals surface area contributed by atoms with Crippen molar-refractivity contribution in [3.8, 4) is 0 Å². The summed E-state index contributed by atoms with van der Waals surface area (Å²) in [5.74, 6) is -1.50. The molecule has 0 bridgehead atoms. The summed E-state index contributed by atoms with van der Waals surface area (Å²) in [5, 5.41) is 13.2. The zero-order valence-corrected chi connectivity index (χ0v) is 18.4. The molecule has 0 radical (unpaired) electrons. The van der Waals surface area contributed by atoms with E-state index in [1.165, 1.54) is 12.1 Å². The zero-order chi connectivity index (χ0) is 22.8. The van der Waals surface area contributed by atoms with Gasteiger partial charge in [-0.15, -0.1) is 0 Å². The second-order valence-electron chi connectivity index (χ2n) is 7.99. The highest BCUT2D eigenvalue weighted by Gasteiger charge is 2.31. The number of carbonyl (C=O) groups excluding carboxylic acids is 1. The number of hydrogen-bond acceptors (Lipinski definition) is 3. The average Bonchev–Trinajstić information content (AvgIpc) is 3.06. The van der Waals surface area contributed by atoms with Crippen LogP contribution in [0.2, 0.25) is 5.02 Å².